The Morgan fingerprint density at radius 3 is 3.14 bits per heavy atom. The van der Waals surface area contributed by atoms with Crippen molar-refractivity contribution in [1.82, 2.24) is 15.1 Å². The molecule has 0 saturated heterocycles. The fraction of sp³-hybridized carbons (Fsp3) is 0.125. The molecule has 0 aliphatic carbocycles. The molecule has 0 atom stereocenters. The first-order chi connectivity index (χ1) is 10.8. The Hall–Kier alpha value is -2.60. The molecule has 112 valence electrons. The minimum Gasteiger partial charge on any atom is -0.464 e. The molecule has 3 aromatic heterocycles. The molecule has 3 rings (SSSR count). The van der Waals surface area contributed by atoms with E-state index in [9.17, 15) is 4.79 Å². The monoisotopic (exact) mass is 313 g/mol. The number of rotatable bonds is 6. The van der Waals surface area contributed by atoms with E-state index in [0.29, 0.717) is 13.1 Å². The highest BCUT2D eigenvalue weighted by Crippen LogP contribution is 2.18. The molecule has 0 aliphatic rings. The summed E-state index contributed by atoms with van der Waals surface area (Å²) in [5.74, 6) is 0.681. The lowest BCUT2D eigenvalue weighted by atomic mass is 10.3. The maximum absolute atomic E-state index is 11.7. The molecule has 0 bridgehead atoms. The van der Waals surface area contributed by atoms with Crippen LogP contribution in [0.5, 0.6) is 0 Å². The van der Waals surface area contributed by atoms with Crippen molar-refractivity contribution in [2.75, 3.05) is 6.54 Å². The van der Waals surface area contributed by atoms with Crippen LogP contribution in [0.3, 0.4) is 0 Å². The van der Waals surface area contributed by atoms with Crippen LogP contribution in [0.25, 0.3) is 17.4 Å². The standard InChI is InChI=1S/C16H15N3O2S/c20-16(6-5-14-3-2-10-22-14)17-7-8-19-12-13(11-18-19)15-4-1-9-21-15/h1-6,9-12H,7-8H2,(H,17,20)/b6-5+. The van der Waals surface area contributed by atoms with Gasteiger partial charge in [-0.15, -0.1) is 11.3 Å². The number of nitrogens with one attached hydrogen (secondary N) is 1. The van der Waals surface area contributed by atoms with Crippen LogP contribution >= 0.6 is 11.3 Å². The van der Waals surface area contributed by atoms with Crippen molar-refractivity contribution >= 4 is 23.3 Å². The van der Waals surface area contributed by atoms with Gasteiger partial charge in [0.1, 0.15) is 5.76 Å². The molecule has 1 N–H and O–H groups in total. The van der Waals surface area contributed by atoms with E-state index in [1.54, 1.807) is 34.6 Å². The smallest absolute Gasteiger partial charge is 0.244 e. The number of amides is 1. The largest absolute Gasteiger partial charge is 0.464 e. The fourth-order valence-corrected chi connectivity index (χ4v) is 2.57. The van der Waals surface area contributed by atoms with E-state index in [0.717, 1.165) is 16.2 Å². The van der Waals surface area contributed by atoms with Crippen LogP contribution in [0, 0.1) is 0 Å². The van der Waals surface area contributed by atoms with Gasteiger partial charge in [0.05, 0.1) is 24.6 Å². The molecule has 6 heteroatoms. The van der Waals surface area contributed by atoms with Crippen LogP contribution in [0.1, 0.15) is 4.88 Å². The average molecular weight is 313 g/mol. The SMILES string of the molecule is O=C(/C=C/c1cccs1)NCCn1cc(-c2ccco2)cn1. The summed E-state index contributed by atoms with van der Waals surface area (Å²) < 4.78 is 7.09. The van der Waals surface area contributed by atoms with E-state index in [1.807, 2.05) is 41.9 Å². The highest BCUT2D eigenvalue weighted by atomic mass is 32.1. The zero-order valence-electron chi connectivity index (χ0n) is 11.8. The van der Waals surface area contributed by atoms with Crippen molar-refractivity contribution in [3.63, 3.8) is 0 Å². The second-order valence-electron chi connectivity index (χ2n) is 4.61. The van der Waals surface area contributed by atoms with Gasteiger partial charge in [-0.3, -0.25) is 9.48 Å². The molecule has 0 spiro atoms. The van der Waals surface area contributed by atoms with Crippen LogP contribution in [-0.4, -0.2) is 22.2 Å². The molecule has 0 aliphatic heterocycles. The van der Waals surface area contributed by atoms with Crippen molar-refractivity contribution < 1.29 is 9.21 Å². The predicted octanol–water partition coefficient (Wildman–Crippen LogP) is 3.03. The van der Waals surface area contributed by atoms with Crippen molar-refractivity contribution in [2.24, 2.45) is 0 Å². The molecule has 5 nitrogen and oxygen atoms in total. The van der Waals surface area contributed by atoms with Crippen molar-refractivity contribution in [2.45, 2.75) is 6.54 Å². The summed E-state index contributed by atoms with van der Waals surface area (Å²) in [5.41, 5.74) is 0.925. The molecular weight excluding hydrogens is 298 g/mol. The third-order valence-electron chi connectivity index (χ3n) is 3.02. The molecule has 0 fully saturated rings. The molecule has 22 heavy (non-hydrogen) atoms. The third kappa shape index (κ3) is 3.73. The van der Waals surface area contributed by atoms with Gasteiger partial charge in [-0.25, -0.2) is 0 Å². The number of aromatic nitrogens is 2. The van der Waals surface area contributed by atoms with Crippen LogP contribution in [0.2, 0.25) is 0 Å². The van der Waals surface area contributed by atoms with Gasteiger partial charge in [-0.05, 0) is 29.7 Å². The van der Waals surface area contributed by atoms with Gasteiger partial charge in [0.2, 0.25) is 5.91 Å². The summed E-state index contributed by atoms with van der Waals surface area (Å²) in [5, 5.41) is 9.05. The summed E-state index contributed by atoms with van der Waals surface area (Å²) >= 11 is 1.60. The molecule has 0 unspecified atom stereocenters. The Balaban J connectivity index is 1.46. The lowest BCUT2D eigenvalue weighted by Gasteiger charge is -2.02. The summed E-state index contributed by atoms with van der Waals surface area (Å²) in [6, 6.07) is 7.65. The average Bonchev–Trinajstić information content (AvgIpc) is 3.26. The van der Waals surface area contributed by atoms with Gasteiger partial charge in [0.25, 0.3) is 0 Å². The van der Waals surface area contributed by atoms with E-state index < -0.39 is 0 Å². The van der Waals surface area contributed by atoms with Gasteiger partial charge >= 0.3 is 0 Å². The number of hydrogen-bond acceptors (Lipinski definition) is 4. The number of nitrogens with zero attached hydrogens (tertiary/aromatic N) is 2. The minimum absolute atomic E-state index is 0.105. The summed E-state index contributed by atoms with van der Waals surface area (Å²) in [7, 11) is 0. The molecule has 3 aromatic rings. The van der Waals surface area contributed by atoms with Gasteiger partial charge < -0.3 is 9.73 Å². The summed E-state index contributed by atoms with van der Waals surface area (Å²) in [4.78, 5) is 12.7. The quantitative estimate of drug-likeness (QED) is 0.712. The Morgan fingerprint density at radius 2 is 2.36 bits per heavy atom. The van der Waals surface area contributed by atoms with E-state index in [4.69, 9.17) is 4.42 Å². The second-order valence-corrected chi connectivity index (χ2v) is 5.59. The van der Waals surface area contributed by atoms with E-state index in [2.05, 4.69) is 10.4 Å². The van der Waals surface area contributed by atoms with Gasteiger partial charge in [-0.2, -0.15) is 5.10 Å². The predicted molar refractivity (Wildman–Crippen MR) is 86.3 cm³/mol. The van der Waals surface area contributed by atoms with Gasteiger partial charge in [0, 0.05) is 23.7 Å². The van der Waals surface area contributed by atoms with E-state index in [1.165, 1.54) is 0 Å². The normalized spacial score (nSPS) is 11.1. The highest BCUT2D eigenvalue weighted by molar-refractivity contribution is 7.10. The van der Waals surface area contributed by atoms with E-state index in [-0.39, 0.29) is 5.91 Å². The Bertz CT molecular complexity index is 742. The number of hydrogen-bond donors (Lipinski definition) is 1. The van der Waals surface area contributed by atoms with Crippen LogP contribution < -0.4 is 5.32 Å². The first kappa shape index (κ1) is 14.3. The number of carbonyl (C=O) groups is 1. The number of carbonyl (C=O) groups excluding carboxylic acids is 1. The molecule has 0 radical (unpaired) electrons. The second kappa shape index (κ2) is 6.91. The number of thiophene rings is 1. The maximum Gasteiger partial charge on any atom is 0.244 e. The van der Waals surface area contributed by atoms with Crippen molar-refractivity contribution in [3.05, 3.63) is 59.3 Å². The maximum atomic E-state index is 11.7. The molecular formula is C16H15N3O2S. The molecule has 1 amide bonds. The van der Waals surface area contributed by atoms with Gasteiger partial charge in [-0.1, -0.05) is 6.07 Å². The lowest BCUT2D eigenvalue weighted by Crippen LogP contribution is -2.25. The summed E-state index contributed by atoms with van der Waals surface area (Å²) in [6.45, 7) is 1.13. The minimum atomic E-state index is -0.105. The Kier molecular flexibility index (Phi) is 4.50. The molecule has 3 heterocycles. The van der Waals surface area contributed by atoms with Crippen LogP contribution in [0.15, 0.2) is 58.8 Å². The van der Waals surface area contributed by atoms with Crippen LogP contribution in [0.4, 0.5) is 0 Å². The number of furan rings is 1. The topological polar surface area (TPSA) is 60.1 Å². The van der Waals surface area contributed by atoms with Crippen molar-refractivity contribution in [1.29, 1.82) is 0 Å². The molecule has 0 aromatic carbocycles. The zero-order valence-corrected chi connectivity index (χ0v) is 12.6. The lowest BCUT2D eigenvalue weighted by molar-refractivity contribution is -0.116. The summed E-state index contributed by atoms with van der Waals surface area (Å²) in [6.07, 6.45) is 8.63. The zero-order chi connectivity index (χ0) is 15.2. The Labute approximate surface area is 131 Å². The van der Waals surface area contributed by atoms with Crippen LogP contribution in [-0.2, 0) is 11.3 Å². The Morgan fingerprint density at radius 1 is 1.41 bits per heavy atom. The third-order valence-corrected chi connectivity index (χ3v) is 3.86. The first-order valence-corrected chi connectivity index (χ1v) is 7.75. The fourth-order valence-electron chi connectivity index (χ4n) is 1.95. The molecule has 0 saturated carbocycles. The first-order valence-electron chi connectivity index (χ1n) is 6.87. The highest BCUT2D eigenvalue weighted by Gasteiger charge is 2.04. The van der Waals surface area contributed by atoms with Gasteiger partial charge in [0.15, 0.2) is 0 Å². The van der Waals surface area contributed by atoms with Crippen molar-refractivity contribution in [3.8, 4) is 11.3 Å². The van der Waals surface area contributed by atoms with E-state index >= 15 is 0 Å².